The summed E-state index contributed by atoms with van der Waals surface area (Å²) in [5, 5.41) is 7.27. The summed E-state index contributed by atoms with van der Waals surface area (Å²) >= 11 is 0. The predicted octanol–water partition coefficient (Wildman–Crippen LogP) is 2.42. The molecule has 0 aliphatic heterocycles. The number of nitrogens with two attached hydrogens (primary N) is 1. The van der Waals surface area contributed by atoms with E-state index >= 15 is 0 Å². The van der Waals surface area contributed by atoms with E-state index in [0.29, 0.717) is 23.5 Å². The molecule has 94 valence electrons. The van der Waals surface area contributed by atoms with E-state index in [1.807, 2.05) is 0 Å². The first-order chi connectivity index (χ1) is 8.65. The van der Waals surface area contributed by atoms with Crippen molar-refractivity contribution in [3.63, 3.8) is 0 Å². The number of hydrogen-bond acceptors (Lipinski definition) is 3. The maximum absolute atomic E-state index is 13.3. The van der Waals surface area contributed by atoms with Gasteiger partial charge >= 0.3 is 0 Å². The van der Waals surface area contributed by atoms with Crippen molar-refractivity contribution in [1.29, 1.82) is 5.41 Å². The molecular weight excluding hydrogens is 235 g/mol. The molecule has 0 saturated heterocycles. The van der Waals surface area contributed by atoms with E-state index in [0.717, 1.165) is 0 Å². The molecular formula is C13H13FN2O2. The van der Waals surface area contributed by atoms with E-state index in [1.165, 1.54) is 12.1 Å². The van der Waals surface area contributed by atoms with Crippen LogP contribution in [0.3, 0.4) is 0 Å². The van der Waals surface area contributed by atoms with Crippen molar-refractivity contribution in [2.75, 3.05) is 0 Å². The standard InChI is InChI=1S/C13H13FN2O2/c14-11-5-9(4-10(6-11)13(15)16)7-17-8-12-2-1-3-18-12/h1-6H,7-8H2,(H3,15,16). The first-order valence-corrected chi connectivity index (χ1v) is 5.39. The second kappa shape index (κ2) is 5.46. The Morgan fingerprint density at radius 2 is 2.17 bits per heavy atom. The Kier molecular flexibility index (Phi) is 3.74. The van der Waals surface area contributed by atoms with Gasteiger partial charge in [-0.15, -0.1) is 0 Å². The molecule has 5 heteroatoms. The summed E-state index contributed by atoms with van der Waals surface area (Å²) in [6.07, 6.45) is 1.56. The highest BCUT2D eigenvalue weighted by atomic mass is 19.1. The fourth-order valence-electron chi connectivity index (χ4n) is 1.55. The summed E-state index contributed by atoms with van der Waals surface area (Å²) in [5.41, 5.74) is 6.30. The highest BCUT2D eigenvalue weighted by molar-refractivity contribution is 5.95. The molecule has 0 atom stereocenters. The van der Waals surface area contributed by atoms with Crippen molar-refractivity contribution in [2.24, 2.45) is 5.73 Å². The molecule has 0 spiro atoms. The third-order valence-electron chi connectivity index (χ3n) is 2.36. The van der Waals surface area contributed by atoms with Gasteiger partial charge in [-0.05, 0) is 35.9 Å². The van der Waals surface area contributed by atoms with Crippen molar-refractivity contribution in [1.82, 2.24) is 0 Å². The zero-order valence-electron chi connectivity index (χ0n) is 9.65. The molecule has 2 rings (SSSR count). The van der Waals surface area contributed by atoms with Gasteiger partial charge in [-0.25, -0.2) is 4.39 Å². The monoisotopic (exact) mass is 248 g/mol. The Balaban J connectivity index is 1.98. The molecule has 4 nitrogen and oxygen atoms in total. The molecule has 1 aromatic heterocycles. The van der Waals surface area contributed by atoms with E-state index in [-0.39, 0.29) is 12.4 Å². The minimum absolute atomic E-state index is 0.165. The van der Waals surface area contributed by atoms with Gasteiger partial charge in [0.1, 0.15) is 24.0 Å². The first-order valence-electron chi connectivity index (χ1n) is 5.39. The van der Waals surface area contributed by atoms with Crippen LogP contribution in [0.1, 0.15) is 16.9 Å². The zero-order chi connectivity index (χ0) is 13.0. The molecule has 0 amide bonds. The highest BCUT2D eigenvalue weighted by Gasteiger charge is 2.04. The molecule has 0 unspecified atom stereocenters. The van der Waals surface area contributed by atoms with Gasteiger partial charge in [0.25, 0.3) is 0 Å². The molecule has 1 heterocycles. The van der Waals surface area contributed by atoms with E-state index in [2.05, 4.69) is 0 Å². The third kappa shape index (κ3) is 3.18. The Morgan fingerprint density at radius 1 is 1.33 bits per heavy atom. The largest absolute Gasteiger partial charge is 0.467 e. The van der Waals surface area contributed by atoms with Gasteiger partial charge in [0.2, 0.25) is 0 Å². The molecule has 3 N–H and O–H groups in total. The topological polar surface area (TPSA) is 72.2 Å². The minimum Gasteiger partial charge on any atom is -0.467 e. The molecule has 0 bridgehead atoms. The smallest absolute Gasteiger partial charge is 0.129 e. The van der Waals surface area contributed by atoms with Gasteiger partial charge in [-0.1, -0.05) is 0 Å². The fourth-order valence-corrected chi connectivity index (χ4v) is 1.55. The predicted molar refractivity (Wildman–Crippen MR) is 64.6 cm³/mol. The van der Waals surface area contributed by atoms with E-state index in [9.17, 15) is 4.39 Å². The average Bonchev–Trinajstić information content (AvgIpc) is 2.81. The van der Waals surface area contributed by atoms with Gasteiger partial charge in [-0.3, -0.25) is 5.41 Å². The maximum atomic E-state index is 13.3. The molecule has 18 heavy (non-hydrogen) atoms. The van der Waals surface area contributed by atoms with Crippen molar-refractivity contribution in [3.8, 4) is 0 Å². The summed E-state index contributed by atoms with van der Waals surface area (Å²) in [5.74, 6) is 0.110. The van der Waals surface area contributed by atoms with Gasteiger partial charge in [0.05, 0.1) is 12.9 Å². The number of ether oxygens (including phenoxy) is 1. The Bertz CT molecular complexity index is 538. The molecule has 1 aromatic carbocycles. The molecule has 0 fully saturated rings. The van der Waals surface area contributed by atoms with Crippen LogP contribution in [0, 0.1) is 11.2 Å². The van der Waals surface area contributed by atoms with Crippen LogP contribution in [0.2, 0.25) is 0 Å². The van der Waals surface area contributed by atoms with Crippen molar-refractivity contribution in [3.05, 3.63) is 59.3 Å². The number of rotatable bonds is 5. The van der Waals surface area contributed by atoms with Gasteiger partial charge in [0, 0.05) is 5.56 Å². The van der Waals surface area contributed by atoms with Crippen LogP contribution in [0.4, 0.5) is 4.39 Å². The number of halogens is 1. The second-order valence-corrected chi connectivity index (χ2v) is 3.83. The van der Waals surface area contributed by atoms with Crippen LogP contribution in [0.25, 0.3) is 0 Å². The number of hydrogen-bond donors (Lipinski definition) is 2. The van der Waals surface area contributed by atoms with Crippen LogP contribution in [0.5, 0.6) is 0 Å². The van der Waals surface area contributed by atoms with Crippen LogP contribution >= 0.6 is 0 Å². The lowest BCUT2D eigenvalue weighted by atomic mass is 10.1. The number of nitrogens with one attached hydrogen (secondary N) is 1. The molecule has 0 radical (unpaired) electrons. The highest BCUT2D eigenvalue weighted by Crippen LogP contribution is 2.11. The molecule has 0 saturated carbocycles. The number of furan rings is 1. The number of amidine groups is 1. The van der Waals surface area contributed by atoms with E-state index in [4.69, 9.17) is 20.3 Å². The Morgan fingerprint density at radius 3 is 2.83 bits per heavy atom. The Labute approximate surface area is 104 Å². The minimum atomic E-state index is -0.431. The lowest BCUT2D eigenvalue weighted by Gasteiger charge is -2.05. The molecule has 0 aliphatic rings. The van der Waals surface area contributed by atoms with E-state index in [1.54, 1.807) is 24.5 Å². The van der Waals surface area contributed by atoms with Crippen molar-refractivity contribution < 1.29 is 13.5 Å². The van der Waals surface area contributed by atoms with Crippen LogP contribution in [-0.4, -0.2) is 5.84 Å². The first kappa shape index (κ1) is 12.3. The second-order valence-electron chi connectivity index (χ2n) is 3.83. The fraction of sp³-hybridized carbons (Fsp3) is 0.154. The average molecular weight is 248 g/mol. The number of benzene rings is 1. The summed E-state index contributed by atoms with van der Waals surface area (Å²) in [4.78, 5) is 0. The Hall–Kier alpha value is -2.14. The lowest BCUT2D eigenvalue weighted by molar-refractivity contribution is 0.0927. The SMILES string of the molecule is N=C(N)c1cc(F)cc(COCc2ccco2)c1. The van der Waals surface area contributed by atoms with Gasteiger partial charge in [-0.2, -0.15) is 0 Å². The quantitative estimate of drug-likeness (QED) is 0.630. The lowest BCUT2D eigenvalue weighted by Crippen LogP contribution is -2.12. The van der Waals surface area contributed by atoms with Gasteiger partial charge in [0.15, 0.2) is 0 Å². The van der Waals surface area contributed by atoms with Crippen LogP contribution in [0.15, 0.2) is 41.0 Å². The molecule has 0 aliphatic carbocycles. The normalized spacial score (nSPS) is 10.5. The zero-order valence-corrected chi connectivity index (χ0v) is 9.65. The van der Waals surface area contributed by atoms with E-state index < -0.39 is 5.82 Å². The summed E-state index contributed by atoms with van der Waals surface area (Å²) in [7, 11) is 0. The summed E-state index contributed by atoms with van der Waals surface area (Å²) in [6.45, 7) is 0.553. The summed E-state index contributed by atoms with van der Waals surface area (Å²) < 4.78 is 23.7. The van der Waals surface area contributed by atoms with Crippen molar-refractivity contribution in [2.45, 2.75) is 13.2 Å². The van der Waals surface area contributed by atoms with Crippen LogP contribution in [-0.2, 0) is 18.0 Å². The number of nitrogen functional groups attached to an aromatic ring is 1. The molecule has 2 aromatic rings. The third-order valence-corrected chi connectivity index (χ3v) is 2.36. The summed E-state index contributed by atoms with van der Waals surface area (Å²) in [6, 6.07) is 7.78. The van der Waals surface area contributed by atoms with Crippen molar-refractivity contribution >= 4 is 5.84 Å². The van der Waals surface area contributed by atoms with Gasteiger partial charge < -0.3 is 14.9 Å². The maximum Gasteiger partial charge on any atom is 0.129 e. The van der Waals surface area contributed by atoms with Crippen LogP contribution < -0.4 is 5.73 Å².